The lowest BCUT2D eigenvalue weighted by Gasteiger charge is -2.09. The zero-order valence-electron chi connectivity index (χ0n) is 14.8. The van der Waals surface area contributed by atoms with E-state index in [1.807, 2.05) is 0 Å². The van der Waals surface area contributed by atoms with E-state index < -0.39 is 23.5 Å². The molecule has 0 saturated heterocycles. The molecule has 4 N–H and O–H groups in total. The average molecular weight is 381 g/mol. The van der Waals surface area contributed by atoms with Gasteiger partial charge in [0.25, 0.3) is 17.7 Å². The number of halogens is 1. The van der Waals surface area contributed by atoms with Crippen molar-refractivity contribution in [3.05, 3.63) is 77.6 Å². The molecule has 0 unspecified atom stereocenters. The monoisotopic (exact) mass is 381 g/mol. The third kappa shape index (κ3) is 3.58. The predicted octanol–water partition coefficient (Wildman–Crippen LogP) is 1.72. The Labute approximate surface area is 159 Å². The first-order chi connectivity index (χ1) is 13.4. The van der Waals surface area contributed by atoms with Crippen LogP contribution in [0.15, 0.2) is 54.9 Å². The summed E-state index contributed by atoms with van der Waals surface area (Å²) >= 11 is 0. The lowest BCUT2D eigenvalue weighted by atomic mass is 10.2. The molecule has 0 radical (unpaired) electrons. The number of imidazole rings is 1. The highest BCUT2D eigenvalue weighted by molar-refractivity contribution is 6.05. The standard InChI is InChI=1S/C19H16FN5O3/c1-22-19(28)15-16(17(21)26)25(10-23-15)12-8-6-11(7-9-12)24-18(27)13-4-2-3-5-14(13)20/h2-10H,1H3,(H2,21,26)(H,22,28)(H,24,27). The first-order valence-electron chi connectivity index (χ1n) is 8.18. The lowest BCUT2D eigenvalue weighted by molar-refractivity contribution is 0.0937. The van der Waals surface area contributed by atoms with E-state index >= 15 is 0 Å². The maximum Gasteiger partial charge on any atom is 0.272 e. The predicted molar refractivity (Wildman–Crippen MR) is 99.8 cm³/mol. The number of hydrogen-bond acceptors (Lipinski definition) is 4. The van der Waals surface area contributed by atoms with E-state index in [-0.39, 0.29) is 17.0 Å². The van der Waals surface area contributed by atoms with Crippen molar-refractivity contribution in [3.8, 4) is 5.69 Å². The summed E-state index contributed by atoms with van der Waals surface area (Å²) in [5.74, 6) is -2.56. The van der Waals surface area contributed by atoms with Crippen LogP contribution in [0.2, 0.25) is 0 Å². The number of nitrogens with two attached hydrogens (primary N) is 1. The molecule has 0 bridgehead atoms. The van der Waals surface area contributed by atoms with E-state index in [2.05, 4.69) is 15.6 Å². The van der Waals surface area contributed by atoms with Crippen LogP contribution < -0.4 is 16.4 Å². The highest BCUT2D eigenvalue weighted by atomic mass is 19.1. The number of aromatic nitrogens is 2. The first-order valence-corrected chi connectivity index (χ1v) is 8.18. The van der Waals surface area contributed by atoms with Crippen molar-refractivity contribution in [2.45, 2.75) is 0 Å². The van der Waals surface area contributed by atoms with Gasteiger partial charge >= 0.3 is 0 Å². The minimum Gasteiger partial charge on any atom is -0.364 e. The number of primary amides is 1. The van der Waals surface area contributed by atoms with Gasteiger partial charge in [-0.3, -0.25) is 19.0 Å². The molecule has 142 valence electrons. The van der Waals surface area contributed by atoms with Crippen LogP contribution in [0.1, 0.15) is 31.3 Å². The van der Waals surface area contributed by atoms with Gasteiger partial charge in [-0.05, 0) is 36.4 Å². The molecule has 2 aromatic carbocycles. The minimum absolute atomic E-state index is 0.0671. The second-order valence-electron chi connectivity index (χ2n) is 5.74. The molecule has 3 aromatic rings. The van der Waals surface area contributed by atoms with Gasteiger partial charge in [0.05, 0.1) is 5.56 Å². The van der Waals surface area contributed by atoms with Gasteiger partial charge in [0.1, 0.15) is 17.8 Å². The second kappa shape index (κ2) is 7.70. The van der Waals surface area contributed by atoms with Crippen LogP contribution in [0.4, 0.5) is 10.1 Å². The van der Waals surface area contributed by atoms with Gasteiger partial charge in [-0.15, -0.1) is 0 Å². The molecular formula is C19H16FN5O3. The van der Waals surface area contributed by atoms with Gasteiger partial charge in [-0.1, -0.05) is 12.1 Å². The van der Waals surface area contributed by atoms with E-state index in [1.165, 1.54) is 36.1 Å². The van der Waals surface area contributed by atoms with Gasteiger partial charge in [0.2, 0.25) is 0 Å². The van der Waals surface area contributed by atoms with E-state index in [0.29, 0.717) is 11.4 Å². The van der Waals surface area contributed by atoms with Crippen LogP contribution in [-0.4, -0.2) is 34.3 Å². The Morgan fingerprint density at radius 1 is 1.04 bits per heavy atom. The van der Waals surface area contributed by atoms with Crippen LogP contribution in [0.3, 0.4) is 0 Å². The van der Waals surface area contributed by atoms with Crippen molar-refractivity contribution in [2.24, 2.45) is 5.73 Å². The Morgan fingerprint density at radius 3 is 2.32 bits per heavy atom. The number of amides is 3. The van der Waals surface area contributed by atoms with Crippen molar-refractivity contribution in [3.63, 3.8) is 0 Å². The molecule has 9 heteroatoms. The molecule has 3 amide bonds. The summed E-state index contributed by atoms with van der Waals surface area (Å²) in [6, 6.07) is 12.0. The van der Waals surface area contributed by atoms with E-state index in [1.54, 1.807) is 30.3 Å². The molecule has 1 heterocycles. The largest absolute Gasteiger partial charge is 0.364 e. The summed E-state index contributed by atoms with van der Waals surface area (Å²) < 4.78 is 15.1. The number of nitrogens with one attached hydrogen (secondary N) is 2. The Morgan fingerprint density at radius 2 is 1.71 bits per heavy atom. The molecule has 28 heavy (non-hydrogen) atoms. The van der Waals surface area contributed by atoms with Gasteiger partial charge in [0.15, 0.2) is 5.69 Å². The van der Waals surface area contributed by atoms with Gasteiger partial charge in [0, 0.05) is 18.4 Å². The van der Waals surface area contributed by atoms with Crippen molar-refractivity contribution in [1.29, 1.82) is 0 Å². The Hall–Kier alpha value is -4.01. The van der Waals surface area contributed by atoms with Gasteiger partial charge < -0.3 is 16.4 Å². The molecule has 1 aromatic heterocycles. The molecule has 0 atom stereocenters. The fourth-order valence-electron chi connectivity index (χ4n) is 2.61. The number of rotatable bonds is 5. The average Bonchev–Trinajstić information content (AvgIpc) is 3.13. The highest BCUT2D eigenvalue weighted by Crippen LogP contribution is 2.18. The summed E-state index contributed by atoms with van der Waals surface area (Å²) in [5, 5.41) is 4.98. The molecule has 0 aliphatic heterocycles. The fourth-order valence-corrected chi connectivity index (χ4v) is 2.61. The van der Waals surface area contributed by atoms with Gasteiger partial charge in [-0.2, -0.15) is 0 Å². The van der Waals surface area contributed by atoms with Crippen LogP contribution in [0.25, 0.3) is 5.69 Å². The fraction of sp³-hybridized carbons (Fsp3) is 0.0526. The second-order valence-corrected chi connectivity index (χ2v) is 5.74. The van der Waals surface area contributed by atoms with Crippen molar-refractivity contribution in [2.75, 3.05) is 12.4 Å². The summed E-state index contributed by atoms with van der Waals surface area (Å²) in [6.07, 6.45) is 1.30. The maximum absolute atomic E-state index is 13.7. The topological polar surface area (TPSA) is 119 Å². The first kappa shape index (κ1) is 18.8. The third-order valence-corrected chi connectivity index (χ3v) is 3.96. The Kier molecular flexibility index (Phi) is 5.16. The summed E-state index contributed by atoms with van der Waals surface area (Å²) in [7, 11) is 1.42. The van der Waals surface area contributed by atoms with Crippen LogP contribution >= 0.6 is 0 Å². The number of carbonyl (C=O) groups excluding carboxylic acids is 3. The quantitative estimate of drug-likeness (QED) is 0.623. The summed E-state index contributed by atoms with van der Waals surface area (Å²) in [5.41, 5.74) is 6.08. The van der Waals surface area contributed by atoms with Crippen molar-refractivity contribution < 1.29 is 18.8 Å². The van der Waals surface area contributed by atoms with Crippen LogP contribution in [0.5, 0.6) is 0 Å². The van der Waals surface area contributed by atoms with Gasteiger partial charge in [-0.25, -0.2) is 9.37 Å². The SMILES string of the molecule is CNC(=O)c1ncn(-c2ccc(NC(=O)c3ccccc3F)cc2)c1C(N)=O. The molecular weight excluding hydrogens is 365 g/mol. The summed E-state index contributed by atoms with van der Waals surface area (Å²) in [4.78, 5) is 39.8. The highest BCUT2D eigenvalue weighted by Gasteiger charge is 2.22. The number of nitrogens with zero attached hydrogens (tertiary/aromatic N) is 2. The zero-order chi connectivity index (χ0) is 20.3. The molecule has 3 rings (SSSR count). The molecule has 0 aliphatic rings. The summed E-state index contributed by atoms with van der Waals surface area (Å²) in [6.45, 7) is 0. The van der Waals surface area contributed by atoms with Crippen molar-refractivity contribution >= 4 is 23.4 Å². The molecule has 0 saturated carbocycles. The normalized spacial score (nSPS) is 10.4. The molecule has 8 nitrogen and oxygen atoms in total. The third-order valence-electron chi connectivity index (χ3n) is 3.96. The molecule has 0 spiro atoms. The number of hydrogen-bond donors (Lipinski definition) is 3. The minimum atomic E-state index is -0.812. The smallest absolute Gasteiger partial charge is 0.272 e. The lowest BCUT2D eigenvalue weighted by Crippen LogP contribution is -2.25. The molecule has 0 fully saturated rings. The Bertz CT molecular complexity index is 1060. The number of benzene rings is 2. The van der Waals surface area contributed by atoms with Crippen LogP contribution in [-0.2, 0) is 0 Å². The molecule has 0 aliphatic carbocycles. The Balaban J connectivity index is 1.87. The maximum atomic E-state index is 13.7. The van der Waals surface area contributed by atoms with E-state index in [4.69, 9.17) is 5.73 Å². The van der Waals surface area contributed by atoms with Crippen molar-refractivity contribution in [1.82, 2.24) is 14.9 Å². The number of carbonyl (C=O) groups is 3. The van der Waals surface area contributed by atoms with E-state index in [0.717, 1.165) is 0 Å². The van der Waals surface area contributed by atoms with E-state index in [9.17, 15) is 18.8 Å². The van der Waals surface area contributed by atoms with Crippen LogP contribution in [0, 0.1) is 5.82 Å². The zero-order valence-corrected chi connectivity index (χ0v) is 14.8. The number of anilines is 1.